The summed E-state index contributed by atoms with van der Waals surface area (Å²) in [7, 11) is -2.65. The molecule has 0 bridgehead atoms. The lowest BCUT2D eigenvalue weighted by Crippen LogP contribution is -2.51. The fraction of sp³-hybridized carbons (Fsp3) is 0.310. The van der Waals surface area contributed by atoms with Gasteiger partial charge in [0.1, 0.15) is 12.6 Å². The zero-order valence-electron chi connectivity index (χ0n) is 22.4. The van der Waals surface area contributed by atoms with E-state index in [1.807, 2.05) is 26.0 Å². The standard InChI is InChI=1S/C29H33Cl2N3O4S/c1-5-27(29(36)32-4)33(18-24-25(30)12-9-13-26(24)31)28(35)19-34(22-16-14-21(15-17-22)20(2)3)39(37,38)23-10-7-6-8-11-23/h6-17,20,27H,5,18-19H2,1-4H3,(H,32,36)/t27-/m1/s1. The topological polar surface area (TPSA) is 86.8 Å². The van der Waals surface area contributed by atoms with Gasteiger partial charge in [-0.2, -0.15) is 0 Å². The highest BCUT2D eigenvalue weighted by Crippen LogP contribution is 2.29. The molecule has 208 valence electrons. The van der Waals surface area contributed by atoms with Gasteiger partial charge in [-0.15, -0.1) is 0 Å². The van der Waals surface area contributed by atoms with Gasteiger partial charge in [0.05, 0.1) is 10.6 Å². The molecule has 2 amide bonds. The predicted molar refractivity (Wildman–Crippen MR) is 157 cm³/mol. The summed E-state index contributed by atoms with van der Waals surface area (Å²) in [6.45, 7) is 5.25. The molecule has 0 aliphatic heterocycles. The lowest BCUT2D eigenvalue weighted by atomic mass is 10.0. The van der Waals surface area contributed by atoms with Gasteiger partial charge in [-0.3, -0.25) is 13.9 Å². The zero-order valence-corrected chi connectivity index (χ0v) is 24.7. The van der Waals surface area contributed by atoms with Crippen LogP contribution in [-0.2, 0) is 26.2 Å². The van der Waals surface area contributed by atoms with E-state index in [0.717, 1.165) is 9.87 Å². The van der Waals surface area contributed by atoms with Crippen molar-refractivity contribution < 1.29 is 18.0 Å². The number of hydrogen-bond donors (Lipinski definition) is 1. The number of benzene rings is 3. The second kappa shape index (κ2) is 13.3. The molecule has 39 heavy (non-hydrogen) atoms. The molecule has 0 aliphatic rings. The summed E-state index contributed by atoms with van der Waals surface area (Å²) in [5, 5.41) is 3.27. The van der Waals surface area contributed by atoms with Crippen LogP contribution in [0.1, 0.15) is 44.2 Å². The Morgan fingerprint density at radius 2 is 1.49 bits per heavy atom. The minimum Gasteiger partial charge on any atom is -0.357 e. The van der Waals surface area contributed by atoms with E-state index < -0.39 is 28.5 Å². The van der Waals surface area contributed by atoms with Crippen molar-refractivity contribution in [3.63, 3.8) is 0 Å². The van der Waals surface area contributed by atoms with Crippen LogP contribution in [0.2, 0.25) is 10.0 Å². The smallest absolute Gasteiger partial charge is 0.264 e. The number of carbonyl (C=O) groups is 2. The maximum absolute atomic E-state index is 14.0. The summed E-state index contributed by atoms with van der Waals surface area (Å²) in [5.74, 6) is -0.713. The molecule has 0 spiro atoms. The first-order valence-electron chi connectivity index (χ1n) is 12.6. The minimum atomic E-state index is -4.13. The molecule has 0 saturated heterocycles. The number of likely N-dealkylation sites (N-methyl/N-ethyl adjacent to an activating group) is 1. The van der Waals surface area contributed by atoms with Gasteiger partial charge in [0.25, 0.3) is 10.0 Å². The SMILES string of the molecule is CC[C@H](C(=O)NC)N(Cc1c(Cl)cccc1Cl)C(=O)CN(c1ccc(C(C)C)cc1)S(=O)(=O)c1ccccc1. The van der Waals surface area contributed by atoms with Gasteiger partial charge in [-0.25, -0.2) is 8.42 Å². The number of hydrogen-bond acceptors (Lipinski definition) is 4. The molecule has 1 N–H and O–H groups in total. The van der Waals surface area contributed by atoms with Crippen LogP contribution in [0.15, 0.2) is 77.7 Å². The van der Waals surface area contributed by atoms with E-state index in [1.165, 1.54) is 24.1 Å². The summed E-state index contributed by atoms with van der Waals surface area (Å²) in [6.07, 6.45) is 0.294. The quantitative estimate of drug-likeness (QED) is 0.303. The molecule has 0 radical (unpaired) electrons. The predicted octanol–water partition coefficient (Wildman–Crippen LogP) is 5.87. The van der Waals surface area contributed by atoms with E-state index in [2.05, 4.69) is 5.32 Å². The average Bonchev–Trinajstić information content (AvgIpc) is 2.93. The summed E-state index contributed by atoms with van der Waals surface area (Å²) >= 11 is 12.8. The fourth-order valence-electron chi connectivity index (χ4n) is 4.21. The van der Waals surface area contributed by atoms with Gasteiger partial charge in [0.15, 0.2) is 0 Å². The minimum absolute atomic E-state index is 0.0461. The normalized spacial score (nSPS) is 12.2. The number of nitrogens with zero attached hydrogens (tertiary/aromatic N) is 2. The molecule has 7 nitrogen and oxygen atoms in total. The molecule has 0 heterocycles. The Kier molecular flexibility index (Phi) is 10.4. The van der Waals surface area contributed by atoms with Crippen molar-refractivity contribution in [2.24, 2.45) is 0 Å². The van der Waals surface area contributed by atoms with Crippen molar-refractivity contribution in [2.75, 3.05) is 17.9 Å². The lowest BCUT2D eigenvalue weighted by molar-refractivity contribution is -0.140. The number of anilines is 1. The maximum Gasteiger partial charge on any atom is 0.264 e. The van der Waals surface area contributed by atoms with Crippen LogP contribution in [0.5, 0.6) is 0 Å². The summed E-state index contributed by atoms with van der Waals surface area (Å²) in [4.78, 5) is 28.2. The largest absolute Gasteiger partial charge is 0.357 e. The number of carbonyl (C=O) groups excluding carboxylic acids is 2. The Morgan fingerprint density at radius 1 is 0.897 bits per heavy atom. The Balaban J connectivity index is 2.09. The molecule has 0 aliphatic carbocycles. The summed E-state index contributed by atoms with van der Waals surface area (Å²) in [6, 6.07) is 19.1. The van der Waals surface area contributed by atoms with Crippen LogP contribution in [0.3, 0.4) is 0 Å². The van der Waals surface area contributed by atoms with E-state index in [9.17, 15) is 18.0 Å². The van der Waals surface area contributed by atoms with E-state index in [1.54, 1.807) is 55.5 Å². The molecular formula is C29H33Cl2N3O4S. The van der Waals surface area contributed by atoms with Crippen molar-refractivity contribution >= 4 is 50.7 Å². The zero-order chi connectivity index (χ0) is 28.7. The third-order valence-corrected chi connectivity index (χ3v) is 8.98. The monoisotopic (exact) mass is 589 g/mol. The van der Waals surface area contributed by atoms with Gasteiger partial charge < -0.3 is 10.2 Å². The molecule has 3 aromatic carbocycles. The van der Waals surface area contributed by atoms with Crippen LogP contribution < -0.4 is 9.62 Å². The van der Waals surface area contributed by atoms with Crippen molar-refractivity contribution in [3.05, 3.63) is 94.0 Å². The van der Waals surface area contributed by atoms with Crippen LogP contribution in [0, 0.1) is 0 Å². The molecular weight excluding hydrogens is 557 g/mol. The first-order valence-corrected chi connectivity index (χ1v) is 14.8. The van der Waals surface area contributed by atoms with Gasteiger partial charge in [-0.05, 0) is 54.3 Å². The Bertz CT molecular complexity index is 1380. The maximum atomic E-state index is 14.0. The summed E-state index contributed by atoms with van der Waals surface area (Å²) < 4.78 is 28.8. The number of sulfonamides is 1. The third-order valence-electron chi connectivity index (χ3n) is 6.48. The molecule has 10 heteroatoms. The first kappa shape index (κ1) is 30.5. The Hall–Kier alpha value is -3.07. The highest BCUT2D eigenvalue weighted by molar-refractivity contribution is 7.92. The van der Waals surface area contributed by atoms with Gasteiger partial charge >= 0.3 is 0 Å². The molecule has 0 fully saturated rings. The van der Waals surface area contributed by atoms with E-state index >= 15 is 0 Å². The second-order valence-electron chi connectivity index (χ2n) is 9.33. The fourth-order valence-corrected chi connectivity index (χ4v) is 6.17. The number of amides is 2. The average molecular weight is 591 g/mol. The lowest BCUT2D eigenvalue weighted by Gasteiger charge is -2.33. The molecule has 0 saturated carbocycles. The Morgan fingerprint density at radius 3 is 2.00 bits per heavy atom. The van der Waals surface area contributed by atoms with Crippen molar-refractivity contribution in [3.8, 4) is 0 Å². The van der Waals surface area contributed by atoms with Gasteiger partial charge in [0.2, 0.25) is 11.8 Å². The second-order valence-corrected chi connectivity index (χ2v) is 12.0. The van der Waals surface area contributed by atoms with Gasteiger partial charge in [-0.1, -0.05) is 80.4 Å². The molecule has 3 aromatic rings. The number of nitrogens with one attached hydrogen (secondary N) is 1. The molecule has 0 unspecified atom stereocenters. The van der Waals surface area contributed by atoms with Crippen molar-refractivity contribution in [1.82, 2.24) is 10.2 Å². The number of rotatable bonds is 11. The highest BCUT2D eigenvalue weighted by atomic mass is 35.5. The van der Waals surface area contributed by atoms with E-state index in [-0.39, 0.29) is 23.3 Å². The van der Waals surface area contributed by atoms with Crippen LogP contribution >= 0.6 is 23.2 Å². The summed E-state index contributed by atoms with van der Waals surface area (Å²) in [5.41, 5.74) is 1.83. The van der Waals surface area contributed by atoms with Crippen LogP contribution in [0.4, 0.5) is 5.69 Å². The van der Waals surface area contributed by atoms with Crippen molar-refractivity contribution in [2.45, 2.75) is 50.6 Å². The highest BCUT2D eigenvalue weighted by Gasteiger charge is 2.34. The molecule has 0 aromatic heterocycles. The van der Waals surface area contributed by atoms with Gasteiger partial charge in [0, 0.05) is 29.2 Å². The van der Waals surface area contributed by atoms with Crippen LogP contribution in [0.25, 0.3) is 0 Å². The van der Waals surface area contributed by atoms with Crippen LogP contribution in [-0.4, -0.2) is 44.8 Å². The molecule has 3 rings (SSSR count). The first-order chi connectivity index (χ1) is 18.5. The molecule has 1 atom stereocenters. The Labute approximate surface area is 240 Å². The van der Waals surface area contributed by atoms with E-state index in [0.29, 0.717) is 27.7 Å². The third kappa shape index (κ3) is 7.12. The number of halogens is 2. The van der Waals surface area contributed by atoms with Crippen molar-refractivity contribution in [1.29, 1.82) is 0 Å². The van der Waals surface area contributed by atoms with E-state index in [4.69, 9.17) is 23.2 Å².